The van der Waals surface area contributed by atoms with Gasteiger partial charge >= 0.3 is 0 Å². The van der Waals surface area contributed by atoms with Crippen LogP contribution in [0.1, 0.15) is 24.8 Å². The van der Waals surface area contributed by atoms with Gasteiger partial charge in [0.05, 0.1) is 12.7 Å². The lowest BCUT2D eigenvalue weighted by Gasteiger charge is -2.34. The molecule has 4 heteroatoms. The third-order valence-corrected chi connectivity index (χ3v) is 3.65. The van der Waals surface area contributed by atoms with Crippen molar-refractivity contribution in [3.63, 3.8) is 0 Å². The first kappa shape index (κ1) is 13.2. The summed E-state index contributed by atoms with van der Waals surface area (Å²) >= 11 is 6.00. The molecule has 0 amide bonds. The van der Waals surface area contributed by atoms with E-state index in [2.05, 4.69) is 6.07 Å². The summed E-state index contributed by atoms with van der Waals surface area (Å²) in [7, 11) is 0. The first-order valence-electron chi connectivity index (χ1n) is 6.09. The van der Waals surface area contributed by atoms with Crippen LogP contribution in [0.2, 0.25) is 5.02 Å². The van der Waals surface area contributed by atoms with E-state index in [1.54, 1.807) is 6.07 Å². The summed E-state index contributed by atoms with van der Waals surface area (Å²) in [5.41, 5.74) is 0.479. The third kappa shape index (κ3) is 2.95. The fourth-order valence-corrected chi connectivity index (χ4v) is 2.02. The van der Waals surface area contributed by atoms with Crippen LogP contribution in [0.5, 0.6) is 5.75 Å². The van der Waals surface area contributed by atoms with Gasteiger partial charge in [-0.15, -0.1) is 0 Å². The van der Waals surface area contributed by atoms with Gasteiger partial charge < -0.3 is 9.47 Å². The molecule has 96 valence electrons. The standard InChI is InChI=1S/C14H16ClNO2/c1-11-3-4-12(9-13(11)15)17-7-8-18-14(10-16)5-2-6-14/h3-4,9H,2,5-8H2,1H3. The zero-order chi connectivity index (χ0) is 13.0. The van der Waals surface area contributed by atoms with Crippen molar-refractivity contribution >= 4 is 11.6 Å². The number of halogens is 1. The number of nitriles is 1. The molecule has 0 bridgehead atoms. The van der Waals surface area contributed by atoms with Crippen LogP contribution in [-0.4, -0.2) is 18.8 Å². The van der Waals surface area contributed by atoms with Crippen LogP contribution in [0.4, 0.5) is 0 Å². The lowest BCUT2D eigenvalue weighted by molar-refractivity contribution is -0.0644. The minimum absolute atomic E-state index is 0.430. The Labute approximate surface area is 112 Å². The number of ether oxygens (including phenoxy) is 2. The van der Waals surface area contributed by atoms with Gasteiger partial charge in [-0.1, -0.05) is 17.7 Å². The predicted octanol–water partition coefficient (Wildman–Crippen LogP) is 3.49. The minimum Gasteiger partial charge on any atom is -0.491 e. The van der Waals surface area contributed by atoms with E-state index in [-0.39, 0.29) is 0 Å². The first-order chi connectivity index (χ1) is 8.65. The van der Waals surface area contributed by atoms with Gasteiger partial charge in [0.15, 0.2) is 5.60 Å². The fraction of sp³-hybridized carbons (Fsp3) is 0.500. The molecule has 0 unspecified atom stereocenters. The summed E-state index contributed by atoms with van der Waals surface area (Å²) < 4.78 is 11.1. The van der Waals surface area contributed by atoms with Crippen molar-refractivity contribution in [2.45, 2.75) is 31.8 Å². The highest BCUT2D eigenvalue weighted by molar-refractivity contribution is 6.31. The van der Waals surface area contributed by atoms with Gasteiger partial charge in [0, 0.05) is 5.02 Å². The van der Waals surface area contributed by atoms with E-state index in [0.717, 1.165) is 30.6 Å². The molecule has 1 saturated carbocycles. The molecule has 1 aromatic rings. The van der Waals surface area contributed by atoms with Gasteiger partial charge in [0.1, 0.15) is 12.4 Å². The van der Waals surface area contributed by atoms with E-state index < -0.39 is 5.60 Å². The second-order valence-corrected chi connectivity index (χ2v) is 4.97. The van der Waals surface area contributed by atoms with Crippen LogP contribution in [-0.2, 0) is 4.74 Å². The number of hydrogen-bond acceptors (Lipinski definition) is 3. The van der Waals surface area contributed by atoms with Crippen molar-refractivity contribution < 1.29 is 9.47 Å². The van der Waals surface area contributed by atoms with Crippen LogP contribution in [0.15, 0.2) is 18.2 Å². The fourth-order valence-electron chi connectivity index (χ4n) is 1.85. The van der Waals surface area contributed by atoms with Crippen LogP contribution >= 0.6 is 11.6 Å². The molecule has 18 heavy (non-hydrogen) atoms. The van der Waals surface area contributed by atoms with Crippen LogP contribution in [0.3, 0.4) is 0 Å². The van der Waals surface area contributed by atoms with E-state index in [0.29, 0.717) is 18.2 Å². The van der Waals surface area contributed by atoms with E-state index >= 15 is 0 Å². The molecule has 1 fully saturated rings. The van der Waals surface area contributed by atoms with Gasteiger partial charge in [0.25, 0.3) is 0 Å². The van der Waals surface area contributed by atoms with Crippen molar-refractivity contribution in [1.82, 2.24) is 0 Å². The maximum Gasteiger partial charge on any atom is 0.154 e. The Morgan fingerprint density at radius 1 is 1.39 bits per heavy atom. The summed E-state index contributed by atoms with van der Waals surface area (Å²) in [5, 5.41) is 9.68. The molecular weight excluding hydrogens is 250 g/mol. The average Bonchev–Trinajstić information content (AvgIpc) is 2.32. The monoisotopic (exact) mass is 265 g/mol. The number of nitrogens with zero attached hydrogens (tertiary/aromatic N) is 1. The maximum absolute atomic E-state index is 8.99. The van der Waals surface area contributed by atoms with Gasteiger partial charge in [-0.2, -0.15) is 5.26 Å². The molecule has 0 aliphatic heterocycles. The van der Waals surface area contributed by atoms with Gasteiger partial charge in [-0.05, 0) is 43.9 Å². The summed E-state index contributed by atoms with van der Waals surface area (Å²) in [6, 6.07) is 7.82. The second kappa shape index (κ2) is 5.60. The third-order valence-electron chi connectivity index (χ3n) is 3.24. The highest BCUT2D eigenvalue weighted by Crippen LogP contribution is 2.34. The molecule has 0 atom stereocenters. The molecule has 0 N–H and O–H groups in total. The molecule has 1 aromatic carbocycles. The Balaban J connectivity index is 1.75. The topological polar surface area (TPSA) is 42.2 Å². The second-order valence-electron chi connectivity index (χ2n) is 4.57. The molecular formula is C14H16ClNO2. The Morgan fingerprint density at radius 3 is 2.72 bits per heavy atom. The van der Waals surface area contributed by atoms with Crippen LogP contribution in [0, 0.1) is 18.3 Å². The normalized spacial score (nSPS) is 16.7. The highest BCUT2D eigenvalue weighted by atomic mass is 35.5. The molecule has 1 aliphatic carbocycles. The highest BCUT2D eigenvalue weighted by Gasteiger charge is 2.38. The number of rotatable bonds is 5. The molecule has 0 spiro atoms. The van der Waals surface area contributed by atoms with Gasteiger partial charge in [-0.25, -0.2) is 0 Å². The molecule has 0 heterocycles. The smallest absolute Gasteiger partial charge is 0.154 e. The number of aryl methyl sites for hydroxylation is 1. The molecule has 0 saturated heterocycles. The molecule has 1 aliphatic rings. The zero-order valence-electron chi connectivity index (χ0n) is 10.4. The maximum atomic E-state index is 8.99. The summed E-state index contributed by atoms with van der Waals surface area (Å²) in [5.74, 6) is 0.730. The van der Waals surface area contributed by atoms with Gasteiger partial charge in [-0.3, -0.25) is 0 Å². The minimum atomic E-state index is -0.547. The van der Waals surface area contributed by atoms with E-state index in [4.69, 9.17) is 26.3 Å². The Hall–Kier alpha value is -1.24. The van der Waals surface area contributed by atoms with Crippen molar-refractivity contribution in [2.24, 2.45) is 0 Å². The number of hydrogen-bond donors (Lipinski definition) is 0. The van der Waals surface area contributed by atoms with Gasteiger partial charge in [0.2, 0.25) is 0 Å². The molecule has 0 radical (unpaired) electrons. The summed E-state index contributed by atoms with van der Waals surface area (Å²) in [6.45, 7) is 2.81. The Morgan fingerprint density at radius 2 is 2.17 bits per heavy atom. The van der Waals surface area contributed by atoms with Crippen molar-refractivity contribution in [2.75, 3.05) is 13.2 Å². The quantitative estimate of drug-likeness (QED) is 0.766. The van der Waals surface area contributed by atoms with Crippen LogP contribution in [0.25, 0.3) is 0 Å². The Bertz CT molecular complexity index is 463. The first-order valence-corrected chi connectivity index (χ1v) is 6.47. The zero-order valence-corrected chi connectivity index (χ0v) is 11.2. The SMILES string of the molecule is Cc1ccc(OCCOC2(C#N)CCC2)cc1Cl. The van der Waals surface area contributed by atoms with E-state index in [1.165, 1.54) is 0 Å². The van der Waals surface area contributed by atoms with Crippen molar-refractivity contribution in [3.05, 3.63) is 28.8 Å². The molecule has 0 aromatic heterocycles. The van der Waals surface area contributed by atoms with Crippen LogP contribution < -0.4 is 4.74 Å². The molecule has 2 rings (SSSR count). The number of benzene rings is 1. The molecule has 3 nitrogen and oxygen atoms in total. The summed E-state index contributed by atoms with van der Waals surface area (Å²) in [6.07, 6.45) is 2.74. The Kier molecular flexibility index (Phi) is 4.11. The average molecular weight is 266 g/mol. The predicted molar refractivity (Wildman–Crippen MR) is 69.8 cm³/mol. The van der Waals surface area contributed by atoms with E-state index in [9.17, 15) is 0 Å². The van der Waals surface area contributed by atoms with E-state index in [1.807, 2.05) is 19.1 Å². The van der Waals surface area contributed by atoms with Crippen molar-refractivity contribution in [3.8, 4) is 11.8 Å². The largest absolute Gasteiger partial charge is 0.491 e. The lowest BCUT2D eigenvalue weighted by atomic mass is 9.81. The van der Waals surface area contributed by atoms with Crippen molar-refractivity contribution in [1.29, 1.82) is 5.26 Å². The summed E-state index contributed by atoms with van der Waals surface area (Å²) in [4.78, 5) is 0. The lowest BCUT2D eigenvalue weighted by Crippen LogP contribution is -2.39.